The number of hydrogen-bond acceptors (Lipinski definition) is 1. The first-order valence-electron chi connectivity index (χ1n) is 15.8. The van der Waals surface area contributed by atoms with Crippen LogP contribution in [-0.2, 0) is 0 Å². The number of furan rings is 1. The molecule has 8 aromatic carbocycles. The highest BCUT2D eigenvalue weighted by atomic mass is 16.3. The van der Waals surface area contributed by atoms with Crippen LogP contribution < -0.4 is 0 Å². The standard InChI is InChI=1S/C44H27NO/c1-2-8-28(9-3-1)30-14-15-32-25-35(20-16-31(32)24-30)45-41-13-7-6-12-37(41)38-21-18-34(27-42(38)45)33-19-23-43-40(26-33)39-22-17-29-10-4-5-11-36(29)44(39)46-43/h1-27H. The fourth-order valence-corrected chi connectivity index (χ4v) is 7.29. The molecule has 0 saturated heterocycles. The summed E-state index contributed by atoms with van der Waals surface area (Å²) in [5.41, 5.74) is 10.3. The second-order valence-electron chi connectivity index (χ2n) is 12.2. The molecule has 10 rings (SSSR count). The van der Waals surface area contributed by atoms with Crippen LogP contribution in [0.1, 0.15) is 0 Å². The predicted molar refractivity (Wildman–Crippen MR) is 194 cm³/mol. The Labute approximate surface area is 265 Å². The van der Waals surface area contributed by atoms with Gasteiger partial charge < -0.3 is 8.98 Å². The zero-order valence-electron chi connectivity index (χ0n) is 24.9. The molecule has 2 aromatic heterocycles. The van der Waals surface area contributed by atoms with Gasteiger partial charge in [0.1, 0.15) is 11.2 Å². The van der Waals surface area contributed by atoms with Gasteiger partial charge in [0.2, 0.25) is 0 Å². The highest BCUT2D eigenvalue weighted by molar-refractivity contribution is 6.16. The van der Waals surface area contributed by atoms with Crippen LogP contribution in [0, 0.1) is 0 Å². The number of fused-ring (bicyclic) bond motifs is 9. The van der Waals surface area contributed by atoms with Crippen molar-refractivity contribution in [1.29, 1.82) is 0 Å². The number of rotatable bonds is 3. The molecular formula is C44H27NO. The van der Waals surface area contributed by atoms with Gasteiger partial charge >= 0.3 is 0 Å². The van der Waals surface area contributed by atoms with Crippen molar-refractivity contribution in [3.63, 3.8) is 0 Å². The van der Waals surface area contributed by atoms with Crippen LogP contribution in [-0.4, -0.2) is 4.57 Å². The molecule has 0 aliphatic carbocycles. The van der Waals surface area contributed by atoms with Gasteiger partial charge in [-0.15, -0.1) is 0 Å². The van der Waals surface area contributed by atoms with E-state index in [-0.39, 0.29) is 0 Å². The minimum atomic E-state index is 0.914. The molecule has 214 valence electrons. The summed E-state index contributed by atoms with van der Waals surface area (Å²) < 4.78 is 8.82. The number of para-hydroxylation sites is 1. The van der Waals surface area contributed by atoms with Gasteiger partial charge in [0.15, 0.2) is 0 Å². The number of nitrogens with zero attached hydrogens (tertiary/aromatic N) is 1. The van der Waals surface area contributed by atoms with Crippen LogP contribution >= 0.6 is 0 Å². The van der Waals surface area contributed by atoms with Gasteiger partial charge in [-0.1, -0.05) is 115 Å². The van der Waals surface area contributed by atoms with Gasteiger partial charge in [0, 0.05) is 32.6 Å². The summed E-state index contributed by atoms with van der Waals surface area (Å²) in [7, 11) is 0. The molecule has 0 bridgehead atoms. The van der Waals surface area contributed by atoms with Crippen LogP contribution in [0.15, 0.2) is 168 Å². The molecular weight excluding hydrogens is 558 g/mol. The summed E-state index contributed by atoms with van der Waals surface area (Å²) in [6, 6.07) is 59.2. The van der Waals surface area contributed by atoms with Crippen LogP contribution in [0.25, 0.3) is 93.2 Å². The average molecular weight is 586 g/mol. The van der Waals surface area contributed by atoms with E-state index in [1.54, 1.807) is 0 Å². The predicted octanol–water partition coefficient (Wildman–Crippen LogP) is 12.3. The summed E-state index contributed by atoms with van der Waals surface area (Å²) >= 11 is 0. The summed E-state index contributed by atoms with van der Waals surface area (Å²) in [6.45, 7) is 0. The maximum Gasteiger partial charge on any atom is 0.143 e. The van der Waals surface area contributed by atoms with E-state index in [1.807, 2.05) is 0 Å². The van der Waals surface area contributed by atoms with E-state index >= 15 is 0 Å². The van der Waals surface area contributed by atoms with Crippen LogP contribution in [0.3, 0.4) is 0 Å². The highest BCUT2D eigenvalue weighted by Gasteiger charge is 2.15. The van der Waals surface area contributed by atoms with Gasteiger partial charge in [-0.3, -0.25) is 0 Å². The fourth-order valence-electron chi connectivity index (χ4n) is 7.29. The SMILES string of the molecule is c1ccc(-c2ccc3cc(-n4c5ccccc5c5ccc(-c6ccc7oc8c9ccccc9ccc8c7c6)cc54)ccc3c2)cc1. The molecule has 46 heavy (non-hydrogen) atoms. The maximum absolute atomic E-state index is 6.41. The number of benzene rings is 8. The largest absolute Gasteiger partial charge is 0.455 e. The topological polar surface area (TPSA) is 18.1 Å². The van der Waals surface area contributed by atoms with Crippen LogP contribution in [0.5, 0.6) is 0 Å². The third kappa shape index (κ3) is 3.77. The lowest BCUT2D eigenvalue weighted by Crippen LogP contribution is -1.94. The smallest absolute Gasteiger partial charge is 0.143 e. The van der Waals surface area contributed by atoms with E-state index in [4.69, 9.17) is 4.42 Å². The number of aromatic nitrogens is 1. The molecule has 0 atom stereocenters. The third-order valence-corrected chi connectivity index (χ3v) is 9.56. The Morgan fingerprint density at radius 3 is 1.93 bits per heavy atom. The minimum absolute atomic E-state index is 0.914. The van der Waals surface area contributed by atoms with Gasteiger partial charge in [-0.2, -0.15) is 0 Å². The van der Waals surface area contributed by atoms with E-state index in [0.717, 1.165) is 33.0 Å². The molecule has 2 heteroatoms. The van der Waals surface area contributed by atoms with Gasteiger partial charge in [-0.25, -0.2) is 0 Å². The summed E-state index contributed by atoms with van der Waals surface area (Å²) in [4.78, 5) is 0. The molecule has 0 N–H and O–H groups in total. The zero-order chi connectivity index (χ0) is 30.2. The van der Waals surface area contributed by atoms with E-state index in [2.05, 4.69) is 168 Å². The molecule has 0 amide bonds. The Bertz CT molecular complexity index is 2800. The zero-order valence-corrected chi connectivity index (χ0v) is 24.9. The number of hydrogen-bond donors (Lipinski definition) is 0. The molecule has 2 nitrogen and oxygen atoms in total. The van der Waals surface area contributed by atoms with Crippen molar-refractivity contribution in [2.75, 3.05) is 0 Å². The molecule has 0 aliphatic heterocycles. The van der Waals surface area contributed by atoms with E-state index < -0.39 is 0 Å². The molecule has 0 radical (unpaired) electrons. The molecule has 0 fully saturated rings. The van der Waals surface area contributed by atoms with Crippen molar-refractivity contribution in [2.24, 2.45) is 0 Å². The summed E-state index contributed by atoms with van der Waals surface area (Å²) in [6.07, 6.45) is 0. The first kappa shape index (κ1) is 25.2. The lowest BCUT2D eigenvalue weighted by atomic mass is 10.00. The highest BCUT2D eigenvalue weighted by Crippen LogP contribution is 2.39. The Balaban J connectivity index is 1.14. The van der Waals surface area contributed by atoms with Crippen molar-refractivity contribution in [2.45, 2.75) is 0 Å². The Hall–Kier alpha value is -6.12. The van der Waals surface area contributed by atoms with Crippen molar-refractivity contribution in [1.82, 2.24) is 4.57 Å². The lowest BCUT2D eigenvalue weighted by molar-refractivity contribution is 0.672. The van der Waals surface area contributed by atoms with Crippen molar-refractivity contribution < 1.29 is 4.42 Å². The molecule has 10 aromatic rings. The van der Waals surface area contributed by atoms with Gasteiger partial charge in [0.05, 0.1) is 11.0 Å². The second kappa shape index (κ2) is 9.69. The molecule has 2 heterocycles. The third-order valence-electron chi connectivity index (χ3n) is 9.56. The van der Waals surface area contributed by atoms with E-state index in [9.17, 15) is 0 Å². The second-order valence-corrected chi connectivity index (χ2v) is 12.2. The maximum atomic E-state index is 6.41. The van der Waals surface area contributed by atoms with E-state index in [1.165, 1.54) is 60.2 Å². The van der Waals surface area contributed by atoms with Crippen molar-refractivity contribution in [3.8, 4) is 27.9 Å². The van der Waals surface area contributed by atoms with Crippen LogP contribution in [0.4, 0.5) is 0 Å². The first-order valence-corrected chi connectivity index (χ1v) is 15.8. The summed E-state index contributed by atoms with van der Waals surface area (Å²) in [5, 5.41) is 9.60. The molecule has 0 spiro atoms. The normalized spacial score (nSPS) is 11.9. The first-order chi connectivity index (χ1) is 22.8. The Morgan fingerprint density at radius 2 is 1.00 bits per heavy atom. The molecule has 0 saturated carbocycles. The Kier molecular flexibility index (Phi) is 5.31. The molecule has 0 aliphatic rings. The van der Waals surface area contributed by atoms with Gasteiger partial charge in [-0.05, 0) is 86.9 Å². The van der Waals surface area contributed by atoms with Crippen molar-refractivity contribution in [3.05, 3.63) is 164 Å². The van der Waals surface area contributed by atoms with Crippen LogP contribution in [0.2, 0.25) is 0 Å². The summed E-state index contributed by atoms with van der Waals surface area (Å²) in [5.74, 6) is 0. The van der Waals surface area contributed by atoms with Gasteiger partial charge in [0.25, 0.3) is 0 Å². The monoisotopic (exact) mass is 585 g/mol. The van der Waals surface area contributed by atoms with E-state index in [0.29, 0.717) is 0 Å². The molecule has 0 unspecified atom stereocenters. The average Bonchev–Trinajstić information content (AvgIpc) is 3.67. The quantitative estimate of drug-likeness (QED) is 0.202. The Morgan fingerprint density at radius 1 is 0.348 bits per heavy atom. The fraction of sp³-hybridized carbons (Fsp3) is 0. The lowest BCUT2D eigenvalue weighted by Gasteiger charge is -2.11. The minimum Gasteiger partial charge on any atom is -0.455 e. The van der Waals surface area contributed by atoms with Crippen molar-refractivity contribution >= 4 is 65.3 Å².